The summed E-state index contributed by atoms with van der Waals surface area (Å²) >= 11 is 0. The van der Waals surface area contributed by atoms with Crippen molar-refractivity contribution in [3.8, 4) is 0 Å². The molecule has 21 heavy (non-hydrogen) atoms. The number of rotatable bonds is 7. The van der Waals surface area contributed by atoms with E-state index in [0.717, 1.165) is 0 Å². The molecule has 1 aromatic carbocycles. The smallest absolute Gasteiger partial charge is 0.328 e. The molecule has 7 nitrogen and oxygen atoms in total. The second-order valence-corrected chi connectivity index (χ2v) is 4.40. The van der Waals surface area contributed by atoms with Crippen molar-refractivity contribution in [2.24, 2.45) is 5.73 Å². The molecule has 0 radical (unpaired) electrons. The number of nitrogens with two attached hydrogens (primary N) is 1. The molecule has 0 saturated carbocycles. The molecule has 0 heterocycles. The number of nitrogens with one attached hydrogen (secondary N) is 3. The van der Waals surface area contributed by atoms with Crippen LogP contribution >= 0.6 is 0 Å². The quantitative estimate of drug-likeness (QED) is 0.248. The van der Waals surface area contributed by atoms with Crippen LogP contribution in [0.3, 0.4) is 0 Å². The molecule has 0 aliphatic carbocycles. The maximum atomic E-state index is 12.0. The topological polar surface area (TPSA) is 117 Å². The van der Waals surface area contributed by atoms with E-state index in [2.05, 4.69) is 15.4 Å². The summed E-state index contributed by atoms with van der Waals surface area (Å²) < 4.78 is 4.69. The molecule has 5 N–H and O–H groups in total. The van der Waals surface area contributed by atoms with Crippen molar-refractivity contribution in [2.75, 3.05) is 13.7 Å². The van der Waals surface area contributed by atoms with Gasteiger partial charge >= 0.3 is 5.97 Å². The van der Waals surface area contributed by atoms with E-state index in [1.165, 1.54) is 7.11 Å². The van der Waals surface area contributed by atoms with Crippen molar-refractivity contribution in [3.63, 3.8) is 0 Å². The zero-order valence-corrected chi connectivity index (χ0v) is 11.9. The Morgan fingerprint density at radius 1 is 1.33 bits per heavy atom. The Morgan fingerprint density at radius 2 is 2.00 bits per heavy atom. The molecule has 0 bridgehead atoms. The van der Waals surface area contributed by atoms with Gasteiger partial charge in [0, 0.05) is 12.1 Å². The first kappa shape index (κ1) is 16.5. The van der Waals surface area contributed by atoms with E-state index >= 15 is 0 Å². The fourth-order valence-corrected chi connectivity index (χ4v) is 1.75. The van der Waals surface area contributed by atoms with Crippen LogP contribution in [0.4, 0.5) is 0 Å². The van der Waals surface area contributed by atoms with Gasteiger partial charge in [-0.1, -0.05) is 18.2 Å². The SMILES string of the molecule is COC(=O)[C@@H](CCCNC(=N)N)NC(=O)c1ccccc1. The summed E-state index contributed by atoms with van der Waals surface area (Å²) in [6, 6.07) is 7.92. The van der Waals surface area contributed by atoms with Gasteiger partial charge in [-0.3, -0.25) is 10.2 Å². The predicted octanol–water partition coefficient (Wildman–Crippen LogP) is 0.221. The second-order valence-electron chi connectivity index (χ2n) is 4.40. The van der Waals surface area contributed by atoms with Crippen LogP contribution in [0.1, 0.15) is 23.2 Å². The van der Waals surface area contributed by atoms with Crippen LogP contribution in [0.5, 0.6) is 0 Å². The first-order valence-corrected chi connectivity index (χ1v) is 6.56. The van der Waals surface area contributed by atoms with E-state index < -0.39 is 12.0 Å². The molecule has 0 fully saturated rings. The monoisotopic (exact) mass is 292 g/mol. The second kappa shape index (κ2) is 8.57. The minimum Gasteiger partial charge on any atom is -0.467 e. The van der Waals surface area contributed by atoms with Crippen molar-refractivity contribution in [2.45, 2.75) is 18.9 Å². The molecule has 7 heteroatoms. The highest BCUT2D eigenvalue weighted by Gasteiger charge is 2.21. The highest BCUT2D eigenvalue weighted by atomic mass is 16.5. The number of hydrogen-bond acceptors (Lipinski definition) is 4. The summed E-state index contributed by atoms with van der Waals surface area (Å²) in [6.45, 7) is 0.448. The number of benzene rings is 1. The molecule has 0 aromatic heterocycles. The Morgan fingerprint density at radius 3 is 2.57 bits per heavy atom. The normalized spacial score (nSPS) is 11.3. The lowest BCUT2D eigenvalue weighted by molar-refractivity contribution is -0.143. The van der Waals surface area contributed by atoms with Crippen LogP contribution in [0.2, 0.25) is 0 Å². The fourth-order valence-electron chi connectivity index (χ4n) is 1.75. The van der Waals surface area contributed by atoms with Gasteiger partial charge in [0.1, 0.15) is 6.04 Å². The fraction of sp³-hybridized carbons (Fsp3) is 0.357. The molecule has 1 aromatic rings. The van der Waals surface area contributed by atoms with Gasteiger partial charge in [-0.15, -0.1) is 0 Å². The highest BCUT2D eigenvalue weighted by molar-refractivity contribution is 5.96. The lowest BCUT2D eigenvalue weighted by Gasteiger charge is -2.16. The summed E-state index contributed by atoms with van der Waals surface area (Å²) in [5.74, 6) is -0.953. The number of ether oxygens (including phenoxy) is 1. The first-order chi connectivity index (χ1) is 10.0. The predicted molar refractivity (Wildman–Crippen MR) is 78.9 cm³/mol. The summed E-state index contributed by atoms with van der Waals surface area (Å²) in [4.78, 5) is 23.7. The molecule has 0 spiro atoms. The number of guanidine groups is 1. The van der Waals surface area contributed by atoms with Gasteiger partial charge in [0.25, 0.3) is 5.91 Å². The number of carbonyl (C=O) groups excluding carboxylic acids is 2. The third-order valence-electron chi connectivity index (χ3n) is 2.81. The minimum atomic E-state index is -0.725. The van der Waals surface area contributed by atoms with Gasteiger partial charge in [0.15, 0.2) is 5.96 Å². The number of methoxy groups -OCH3 is 1. The van der Waals surface area contributed by atoms with Crippen molar-refractivity contribution < 1.29 is 14.3 Å². The van der Waals surface area contributed by atoms with Crippen LogP contribution < -0.4 is 16.4 Å². The van der Waals surface area contributed by atoms with Gasteiger partial charge in [-0.25, -0.2) is 4.79 Å². The van der Waals surface area contributed by atoms with Crippen LogP contribution in [0.15, 0.2) is 30.3 Å². The molecule has 0 saturated heterocycles. The highest BCUT2D eigenvalue weighted by Crippen LogP contribution is 2.03. The Kier molecular flexibility index (Phi) is 6.73. The number of esters is 1. The standard InChI is InChI=1S/C14H20N4O3/c1-21-13(20)11(8-5-9-17-14(15)16)18-12(19)10-6-3-2-4-7-10/h2-4,6-7,11H,5,8-9H2,1H3,(H,18,19)(H4,15,16,17)/t11-/m1/s1. The molecule has 114 valence electrons. The Hall–Kier alpha value is -2.57. The Bertz CT molecular complexity index is 490. The van der Waals surface area contributed by atoms with Crippen LogP contribution in [0, 0.1) is 5.41 Å². The summed E-state index contributed by atoms with van der Waals surface area (Å²) in [6.07, 6.45) is 0.958. The summed E-state index contributed by atoms with van der Waals surface area (Å²) in [5, 5.41) is 12.3. The van der Waals surface area contributed by atoms with Gasteiger partial charge in [0.05, 0.1) is 7.11 Å². The molecule has 1 amide bonds. The lowest BCUT2D eigenvalue weighted by atomic mass is 10.1. The molecular weight excluding hydrogens is 272 g/mol. The Balaban J connectivity index is 2.55. The summed E-state index contributed by atoms with van der Waals surface area (Å²) in [5.41, 5.74) is 5.64. The van der Waals surface area contributed by atoms with Gasteiger partial charge in [-0.2, -0.15) is 0 Å². The average Bonchev–Trinajstić information content (AvgIpc) is 2.50. The average molecular weight is 292 g/mol. The van der Waals surface area contributed by atoms with Crippen LogP contribution in [-0.2, 0) is 9.53 Å². The zero-order valence-electron chi connectivity index (χ0n) is 11.9. The maximum absolute atomic E-state index is 12.0. The first-order valence-electron chi connectivity index (χ1n) is 6.56. The third-order valence-corrected chi connectivity index (χ3v) is 2.81. The van der Waals surface area contributed by atoms with Gasteiger partial charge in [-0.05, 0) is 25.0 Å². The van der Waals surface area contributed by atoms with E-state index in [1.807, 2.05) is 6.07 Å². The lowest BCUT2D eigenvalue weighted by Crippen LogP contribution is -2.42. The van der Waals surface area contributed by atoms with Crippen LogP contribution in [0.25, 0.3) is 0 Å². The molecule has 0 aliphatic heterocycles. The van der Waals surface area contributed by atoms with E-state index in [9.17, 15) is 9.59 Å². The minimum absolute atomic E-state index is 0.127. The molecular formula is C14H20N4O3. The number of carbonyl (C=O) groups is 2. The van der Waals surface area contributed by atoms with Crippen molar-refractivity contribution >= 4 is 17.8 Å². The number of hydrogen-bond donors (Lipinski definition) is 4. The summed E-state index contributed by atoms with van der Waals surface area (Å²) in [7, 11) is 1.28. The molecule has 1 rings (SSSR count). The maximum Gasteiger partial charge on any atom is 0.328 e. The Labute approximate surface area is 123 Å². The van der Waals surface area contributed by atoms with Crippen molar-refractivity contribution in [1.29, 1.82) is 5.41 Å². The van der Waals surface area contributed by atoms with Crippen molar-refractivity contribution in [1.82, 2.24) is 10.6 Å². The van der Waals surface area contributed by atoms with E-state index in [0.29, 0.717) is 24.9 Å². The third kappa shape index (κ3) is 5.94. The molecule has 0 unspecified atom stereocenters. The van der Waals surface area contributed by atoms with Gasteiger partial charge < -0.3 is 21.1 Å². The van der Waals surface area contributed by atoms with Crippen molar-refractivity contribution in [3.05, 3.63) is 35.9 Å². The van der Waals surface area contributed by atoms with E-state index in [4.69, 9.17) is 11.1 Å². The molecule has 0 aliphatic rings. The number of amides is 1. The van der Waals surface area contributed by atoms with E-state index in [1.54, 1.807) is 24.3 Å². The van der Waals surface area contributed by atoms with Gasteiger partial charge in [0.2, 0.25) is 0 Å². The zero-order chi connectivity index (χ0) is 15.7. The van der Waals surface area contributed by atoms with Crippen LogP contribution in [-0.4, -0.2) is 37.5 Å². The molecule has 1 atom stereocenters. The largest absolute Gasteiger partial charge is 0.467 e. The van der Waals surface area contributed by atoms with E-state index in [-0.39, 0.29) is 11.9 Å².